The van der Waals surface area contributed by atoms with E-state index in [1.165, 1.54) is 167 Å². The van der Waals surface area contributed by atoms with Crippen molar-refractivity contribution in [1.82, 2.24) is 0 Å². The summed E-state index contributed by atoms with van der Waals surface area (Å²) in [7, 11) is -1.89. The first-order valence-electron chi connectivity index (χ1n) is 16.4. The second-order valence-corrected chi connectivity index (χ2v) is 15.0. The fraction of sp³-hybridized carbons (Fsp3) is 1.00. The van der Waals surface area contributed by atoms with Gasteiger partial charge in [0.1, 0.15) is 0 Å². The molecule has 0 aliphatic carbocycles. The van der Waals surface area contributed by atoms with E-state index in [0.717, 1.165) is 13.2 Å². The zero-order valence-corrected chi connectivity index (χ0v) is 26.1. The van der Waals surface area contributed by atoms with E-state index in [1.54, 1.807) is 0 Å². The molecule has 0 radical (unpaired) electrons. The Balaban J connectivity index is 3.20. The minimum absolute atomic E-state index is 0.893. The van der Waals surface area contributed by atoms with Crippen molar-refractivity contribution < 1.29 is 8.85 Å². The molecule has 212 valence electrons. The standard InChI is InChI=1S/C32H68O2Si/c1-5-7-9-11-13-14-15-16-17-18-19-20-21-22-23-24-25-26-28-30-32-34-35(3,4)33-31-29-27-12-10-8-6-2/h5-32H2,1-4H3. The van der Waals surface area contributed by atoms with Crippen LogP contribution in [0.4, 0.5) is 0 Å². The quantitative estimate of drug-likeness (QED) is 0.0703. The molecule has 0 amide bonds. The SMILES string of the molecule is CCCCCCCCCCCCCCCCCCCCCCO[Si](C)(C)OCCCCCCCC. The Morgan fingerprint density at radius 3 is 0.743 bits per heavy atom. The lowest BCUT2D eigenvalue weighted by Gasteiger charge is -2.23. The highest BCUT2D eigenvalue weighted by atomic mass is 28.4. The van der Waals surface area contributed by atoms with E-state index < -0.39 is 8.56 Å². The maximum atomic E-state index is 6.13. The molecule has 0 N–H and O–H groups in total. The third-order valence-electron chi connectivity index (χ3n) is 7.40. The summed E-state index contributed by atoms with van der Waals surface area (Å²) in [4.78, 5) is 0. The molecule has 0 aliphatic heterocycles. The highest BCUT2D eigenvalue weighted by Gasteiger charge is 2.23. The lowest BCUT2D eigenvalue weighted by atomic mass is 10.0. The van der Waals surface area contributed by atoms with Crippen LogP contribution in [-0.2, 0) is 8.85 Å². The van der Waals surface area contributed by atoms with Crippen LogP contribution in [0.3, 0.4) is 0 Å². The van der Waals surface area contributed by atoms with E-state index >= 15 is 0 Å². The van der Waals surface area contributed by atoms with E-state index in [1.807, 2.05) is 0 Å². The van der Waals surface area contributed by atoms with Crippen LogP contribution in [0.5, 0.6) is 0 Å². The molecule has 3 heteroatoms. The van der Waals surface area contributed by atoms with Gasteiger partial charge in [-0.2, -0.15) is 0 Å². The minimum atomic E-state index is -1.89. The largest absolute Gasteiger partial charge is 0.395 e. The Bertz CT molecular complexity index is 386. The maximum absolute atomic E-state index is 6.13. The summed E-state index contributed by atoms with van der Waals surface area (Å²) >= 11 is 0. The minimum Gasteiger partial charge on any atom is -0.395 e. The smallest absolute Gasteiger partial charge is 0.331 e. The molecule has 0 rings (SSSR count). The average Bonchev–Trinajstić information content (AvgIpc) is 2.84. The zero-order valence-electron chi connectivity index (χ0n) is 25.1. The lowest BCUT2D eigenvalue weighted by Crippen LogP contribution is -2.35. The second-order valence-electron chi connectivity index (χ2n) is 11.6. The molecular weight excluding hydrogens is 444 g/mol. The van der Waals surface area contributed by atoms with Gasteiger partial charge in [-0.05, 0) is 25.9 Å². The Morgan fingerprint density at radius 1 is 0.314 bits per heavy atom. The van der Waals surface area contributed by atoms with Crippen molar-refractivity contribution in [2.24, 2.45) is 0 Å². The molecule has 0 aromatic rings. The summed E-state index contributed by atoms with van der Waals surface area (Å²) in [5, 5.41) is 0. The molecule has 0 fully saturated rings. The molecule has 0 saturated carbocycles. The predicted molar refractivity (Wildman–Crippen MR) is 161 cm³/mol. The summed E-state index contributed by atoms with van der Waals surface area (Å²) in [6, 6.07) is 0. The van der Waals surface area contributed by atoms with Gasteiger partial charge in [-0.15, -0.1) is 0 Å². The second kappa shape index (κ2) is 28.7. The van der Waals surface area contributed by atoms with E-state index in [0.29, 0.717) is 0 Å². The third-order valence-corrected chi connectivity index (χ3v) is 9.19. The van der Waals surface area contributed by atoms with Gasteiger partial charge in [-0.1, -0.05) is 168 Å². The predicted octanol–water partition coefficient (Wildman–Crippen LogP) is 11.9. The first kappa shape index (κ1) is 35.1. The van der Waals surface area contributed by atoms with E-state index in [4.69, 9.17) is 8.85 Å². The van der Waals surface area contributed by atoms with E-state index in [2.05, 4.69) is 26.9 Å². The third kappa shape index (κ3) is 30.3. The van der Waals surface area contributed by atoms with Crippen molar-refractivity contribution in [2.75, 3.05) is 13.2 Å². The van der Waals surface area contributed by atoms with Gasteiger partial charge in [0.2, 0.25) is 0 Å². The van der Waals surface area contributed by atoms with Crippen molar-refractivity contribution in [3.63, 3.8) is 0 Å². The van der Waals surface area contributed by atoms with Crippen LogP contribution in [0, 0.1) is 0 Å². The first-order chi connectivity index (χ1) is 17.1. The zero-order chi connectivity index (χ0) is 25.7. The molecule has 2 nitrogen and oxygen atoms in total. The molecule has 0 aliphatic rings. The Hall–Kier alpha value is 0.137. The van der Waals surface area contributed by atoms with Crippen LogP contribution in [0.15, 0.2) is 0 Å². The number of hydrogen-bond acceptors (Lipinski definition) is 2. The Labute approximate surface area is 224 Å². The Morgan fingerprint density at radius 2 is 0.514 bits per heavy atom. The average molecular weight is 513 g/mol. The maximum Gasteiger partial charge on any atom is 0.331 e. The first-order valence-corrected chi connectivity index (χ1v) is 19.2. The van der Waals surface area contributed by atoms with Crippen LogP contribution < -0.4 is 0 Å². The fourth-order valence-electron chi connectivity index (χ4n) is 4.92. The summed E-state index contributed by atoms with van der Waals surface area (Å²) in [6.07, 6.45) is 36.6. The van der Waals surface area contributed by atoms with Crippen molar-refractivity contribution in [1.29, 1.82) is 0 Å². The number of hydrogen-bond donors (Lipinski definition) is 0. The fourth-order valence-corrected chi connectivity index (χ4v) is 6.27. The summed E-state index contributed by atoms with van der Waals surface area (Å²) in [6.45, 7) is 10.8. The summed E-state index contributed by atoms with van der Waals surface area (Å²) in [5.41, 5.74) is 0. The van der Waals surface area contributed by atoms with Gasteiger partial charge in [0.05, 0.1) is 0 Å². The van der Waals surface area contributed by atoms with Crippen molar-refractivity contribution in [2.45, 2.75) is 194 Å². The van der Waals surface area contributed by atoms with Gasteiger partial charge >= 0.3 is 8.56 Å². The summed E-state index contributed by atoms with van der Waals surface area (Å²) in [5.74, 6) is 0. The Kier molecular flexibility index (Phi) is 28.8. The highest BCUT2D eigenvalue weighted by molar-refractivity contribution is 6.64. The molecule has 0 bridgehead atoms. The van der Waals surface area contributed by atoms with Crippen molar-refractivity contribution in [3.05, 3.63) is 0 Å². The van der Waals surface area contributed by atoms with Gasteiger partial charge in [-0.3, -0.25) is 0 Å². The van der Waals surface area contributed by atoms with E-state index in [9.17, 15) is 0 Å². The highest BCUT2D eigenvalue weighted by Crippen LogP contribution is 2.15. The number of rotatable bonds is 30. The molecule has 0 aromatic carbocycles. The van der Waals surface area contributed by atoms with Crippen molar-refractivity contribution >= 4 is 8.56 Å². The topological polar surface area (TPSA) is 18.5 Å². The molecule has 35 heavy (non-hydrogen) atoms. The van der Waals surface area contributed by atoms with Crippen molar-refractivity contribution in [3.8, 4) is 0 Å². The molecule has 0 atom stereocenters. The van der Waals surface area contributed by atoms with Crippen LogP contribution >= 0.6 is 0 Å². The van der Waals surface area contributed by atoms with Crippen LogP contribution in [0.25, 0.3) is 0 Å². The lowest BCUT2D eigenvalue weighted by molar-refractivity contribution is 0.172. The van der Waals surface area contributed by atoms with Crippen LogP contribution in [0.1, 0.15) is 181 Å². The summed E-state index contributed by atoms with van der Waals surface area (Å²) < 4.78 is 12.2. The normalized spacial score (nSPS) is 12.0. The number of unbranched alkanes of at least 4 members (excludes halogenated alkanes) is 24. The van der Waals surface area contributed by atoms with E-state index in [-0.39, 0.29) is 0 Å². The van der Waals surface area contributed by atoms with Gasteiger partial charge in [0.15, 0.2) is 0 Å². The molecule has 0 unspecified atom stereocenters. The van der Waals surface area contributed by atoms with Gasteiger partial charge in [0, 0.05) is 13.2 Å². The van der Waals surface area contributed by atoms with Gasteiger partial charge in [-0.25, -0.2) is 0 Å². The van der Waals surface area contributed by atoms with Gasteiger partial charge in [0.25, 0.3) is 0 Å². The molecule has 0 spiro atoms. The monoisotopic (exact) mass is 512 g/mol. The molecular formula is C32H68O2Si. The molecule has 0 saturated heterocycles. The van der Waals surface area contributed by atoms with Gasteiger partial charge < -0.3 is 8.85 Å². The molecule has 0 aromatic heterocycles. The molecule has 0 heterocycles. The van der Waals surface area contributed by atoms with Crippen LogP contribution in [-0.4, -0.2) is 21.8 Å². The van der Waals surface area contributed by atoms with Crippen LogP contribution in [0.2, 0.25) is 13.1 Å².